The Morgan fingerprint density at radius 3 is 2.78 bits per heavy atom. The molecule has 0 spiro atoms. The Morgan fingerprint density at radius 1 is 1.17 bits per heavy atom. The Hall–Kier alpha value is -0.670. The molecule has 18 heavy (non-hydrogen) atoms. The van der Waals surface area contributed by atoms with Gasteiger partial charge in [0.15, 0.2) is 5.78 Å². The van der Waals surface area contributed by atoms with Crippen LogP contribution < -0.4 is 0 Å². The highest BCUT2D eigenvalue weighted by atomic mass is 32.1. The van der Waals surface area contributed by atoms with Crippen LogP contribution in [-0.2, 0) is 17.6 Å². The molecule has 0 unspecified atom stereocenters. The highest BCUT2D eigenvalue weighted by Crippen LogP contribution is 2.31. The molecule has 1 aromatic rings. The molecule has 3 heteroatoms. The number of rotatable bonds is 2. The summed E-state index contributed by atoms with van der Waals surface area (Å²) in [7, 11) is 0. The first-order valence-corrected chi connectivity index (χ1v) is 7.90. The average molecular weight is 264 g/mol. The highest BCUT2D eigenvalue weighted by molar-refractivity contribution is 7.14. The Kier molecular flexibility index (Phi) is 3.80. The topological polar surface area (TPSA) is 26.3 Å². The number of ketones is 1. The van der Waals surface area contributed by atoms with Gasteiger partial charge in [0, 0.05) is 24.0 Å². The molecule has 0 aromatic carbocycles. The lowest BCUT2D eigenvalue weighted by atomic mass is 9.94. The van der Waals surface area contributed by atoms with Crippen LogP contribution in [0.4, 0.5) is 0 Å². The SMILES string of the molecule is O=C(c1cc2c(s1)CCCCC2)C1CCOCC1. The van der Waals surface area contributed by atoms with Gasteiger partial charge in [-0.05, 0) is 50.2 Å². The first-order valence-electron chi connectivity index (χ1n) is 7.08. The monoisotopic (exact) mass is 264 g/mol. The summed E-state index contributed by atoms with van der Waals surface area (Å²) in [5.41, 5.74) is 1.45. The Labute approximate surface area is 112 Å². The number of hydrogen-bond donors (Lipinski definition) is 0. The third-order valence-electron chi connectivity index (χ3n) is 4.08. The van der Waals surface area contributed by atoms with Crippen molar-refractivity contribution in [1.82, 2.24) is 0 Å². The summed E-state index contributed by atoms with van der Waals surface area (Å²) in [5, 5.41) is 0. The van der Waals surface area contributed by atoms with Crippen molar-refractivity contribution >= 4 is 17.1 Å². The summed E-state index contributed by atoms with van der Waals surface area (Å²) in [6.45, 7) is 1.50. The molecule has 0 radical (unpaired) electrons. The maximum atomic E-state index is 12.5. The molecular formula is C15H20O2S. The normalized spacial score (nSPS) is 21.3. The fraction of sp³-hybridized carbons (Fsp3) is 0.667. The van der Waals surface area contributed by atoms with Crippen LogP contribution in [0.3, 0.4) is 0 Å². The van der Waals surface area contributed by atoms with E-state index in [2.05, 4.69) is 6.07 Å². The van der Waals surface area contributed by atoms with E-state index >= 15 is 0 Å². The molecule has 2 aliphatic rings. The zero-order chi connectivity index (χ0) is 12.4. The number of carbonyl (C=O) groups excluding carboxylic acids is 1. The van der Waals surface area contributed by atoms with Crippen LogP contribution in [0.2, 0.25) is 0 Å². The molecule has 1 aliphatic heterocycles. The van der Waals surface area contributed by atoms with E-state index in [4.69, 9.17) is 4.74 Å². The van der Waals surface area contributed by atoms with Gasteiger partial charge in [0.05, 0.1) is 4.88 Å². The molecule has 1 aliphatic carbocycles. The Morgan fingerprint density at radius 2 is 1.94 bits per heavy atom. The molecule has 1 aromatic heterocycles. The predicted molar refractivity (Wildman–Crippen MR) is 73.5 cm³/mol. The third kappa shape index (κ3) is 2.52. The van der Waals surface area contributed by atoms with E-state index in [1.807, 2.05) is 0 Å². The van der Waals surface area contributed by atoms with Gasteiger partial charge in [-0.2, -0.15) is 0 Å². The van der Waals surface area contributed by atoms with Crippen LogP contribution in [0.1, 0.15) is 52.2 Å². The number of ether oxygens (including phenoxy) is 1. The van der Waals surface area contributed by atoms with Crippen LogP contribution in [0.25, 0.3) is 0 Å². The van der Waals surface area contributed by atoms with Crippen LogP contribution in [0.15, 0.2) is 6.07 Å². The van der Waals surface area contributed by atoms with E-state index in [-0.39, 0.29) is 5.92 Å². The fourth-order valence-electron chi connectivity index (χ4n) is 2.95. The molecule has 1 fully saturated rings. The first kappa shape index (κ1) is 12.4. The molecule has 2 heterocycles. The van der Waals surface area contributed by atoms with Gasteiger partial charge in [-0.25, -0.2) is 0 Å². The largest absolute Gasteiger partial charge is 0.381 e. The number of carbonyl (C=O) groups is 1. The van der Waals surface area contributed by atoms with Crippen molar-refractivity contribution in [2.24, 2.45) is 5.92 Å². The average Bonchev–Trinajstić information content (AvgIpc) is 2.70. The van der Waals surface area contributed by atoms with Gasteiger partial charge in [0.25, 0.3) is 0 Å². The second-order valence-electron chi connectivity index (χ2n) is 5.37. The first-order chi connectivity index (χ1) is 8.84. The maximum Gasteiger partial charge on any atom is 0.176 e. The fourth-order valence-corrected chi connectivity index (χ4v) is 4.22. The standard InChI is InChI=1S/C15H20O2S/c16-15(11-6-8-17-9-7-11)14-10-12-4-2-1-3-5-13(12)18-14/h10-11H,1-9H2. The third-order valence-corrected chi connectivity index (χ3v) is 5.33. The Bertz CT molecular complexity index is 406. The number of aryl methyl sites for hydroxylation is 2. The summed E-state index contributed by atoms with van der Waals surface area (Å²) in [6.07, 6.45) is 8.08. The van der Waals surface area contributed by atoms with E-state index in [0.717, 1.165) is 30.9 Å². The molecule has 0 saturated carbocycles. The van der Waals surface area contributed by atoms with Gasteiger partial charge in [-0.15, -0.1) is 11.3 Å². The number of fused-ring (bicyclic) bond motifs is 1. The molecular weight excluding hydrogens is 244 g/mol. The highest BCUT2D eigenvalue weighted by Gasteiger charge is 2.25. The van der Waals surface area contributed by atoms with Crippen molar-refractivity contribution < 1.29 is 9.53 Å². The number of thiophene rings is 1. The van der Waals surface area contributed by atoms with Gasteiger partial charge in [0.1, 0.15) is 0 Å². The maximum absolute atomic E-state index is 12.5. The molecule has 0 N–H and O–H groups in total. The molecule has 0 amide bonds. The second-order valence-corrected chi connectivity index (χ2v) is 6.51. The smallest absolute Gasteiger partial charge is 0.176 e. The van der Waals surface area contributed by atoms with Gasteiger partial charge in [-0.3, -0.25) is 4.79 Å². The van der Waals surface area contributed by atoms with Crippen molar-refractivity contribution in [3.05, 3.63) is 21.4 Å². The number of Topliss-reactive ketones (excluding diaryl/α,β-unsaturated/α-hetero) is 1. The molecule has 2 nitrogen and oxygen atoms in total. The van der Waals surface area contributed by atoms with Crippen molar-refractivity contribution in [3.8, 4) is 0 Å². The minimum atomic E-state index is 0.209. The van der Waals surface area contributed by atoms with Crippen LogP contribution >= 0.6 is 11.3 Å². The van der Waals surface area contributed by atoms with Gasteiger partial charge >= 0.3 is 0 Å². The molecule has 1 saturated heterocycles. The number of hydrogen-bond acceptors (Lipinski definition) is 3. The van der Waals surface area contributed by atoms with E-state index < -0.39 is 0 Å². The Balaban J connectivity index is 1.77. The summed E-state index contributed by atoms with van der Waals surface area (Å²) in [6, 6.07) is 2.18. The lowest BCUT2D eigenvalue weighted by Gasteiger charge is -2.20. The van der Waals surface area contributed by atoms with Crippen molar-refractivity contribution in [2.45, 2.75) is 44.9 Å². The minimum absolute atomic E-state index is 0.209. The molecule has 98 valence electrons. The zero-order valence-corrected chi connectivity index (χ0v) is 11.6. The van der Waals surface area contributed by atoms with E-state index in [1.165, 1.54) is 42.5 Å². The quantitative estimate of drug-likeness (QED) is 0.602. The van der Waals surface area contributed by atoms with Crippen molar-refractivity contribution in [2.75, 3.05) is 13.2 Å². The molecule has 0 atom stereocenters. The van der Waals surface area contributed by atoms with Crippen LogP contribution in [0.5, 0.6) is 0 Å². The lowest BCUT2D eigenvalue weighted by molar-refractivity contribution is 0.0547. The minimum Gasteiger partial charge on any atom is -0.381 e. The molecule has 3 rings (SSSR count). The van der Waals surface area contributed by atoms with E-state index in [0.29, 0.717) is 5.78 Å². The van der Waals surface area contributed by atoms with Gasteiger partial charge in [-0.1, -0.05) is 6.42 Å². The summed E-state index contributed by atoms with van der Waals surface area (Å²) in [5.74, 6) is 0.581. The summed E-state index contributed by atoms with van der Waals surface area (Å²) < 4.78 is 5.33. The summed E-state index contributed by atoms with van der Waals surface area (Å²) in [4.78, 5) is 14.9. The second kappa shape index (κ2) is 5.54. The van der Waals surface area contributed by atoms with Crippen LogP contribution in [0, 0.1) is 5.92 Å². The zero-order valence-electron chi connectivity index (χ0n) is 10.7. The van der Waals surface area contributed by atoms with Gasteiger partial charge in [0.2, 0.25) is 0 Å². The molecule has 0 bridgehead atoms. The van der Waals surface area contributed by atoms with Crippen LogP contribution in [-0.4, -0.2) is 19.0 Å². The van der Waals surface area contributed by atoms with Crippen molar-refractivity contribution in [3.63, 3.8) is 0 Å². The lowest BCUT2D eigenvalue weighted by Crippen LogP contribution is -2.22. The van der Waals surface area contributed by atoms with Gasteiger partial charge < -0.3 is 4.74 Å². The predicted octanol–water partition coefficient (Wildman–Crippen LogP) is 3.63. The summed E-state index contributed by atoms with van der Waals surface area (Å²) >= 11 is 1.76. The van der Waals surface area contributed by atoms with Crippen molar-refractivity contribution in [1.29, 1.82) is 0 Å². The van der Waals surface area contributed by atoms with E-state index in [1.54, 1.807) is 11.3 Å². The van der Waals surface area contributed by atoms with E-state index in [9.17, 15) is 4.79 Å².